The van der Waals surface area contributed by atoms with Gasteiger partial charge in [0.2, 0.25) is 5.91 Å². The molecule has 24 heavy (non-hydrogen) atoms. The largest absolute Gasteiger partial charge is 0.323 e. The van der Waals surface area contributed by atoms with Crippen LogP contribution in [0.4, 0.5) is 30.6 Å². The van der Waals surface area contributed by atoms with E-state index in [0.717, 1.165) is 17.7 Å². The first-order valence-electron chi connectivity index (χ1n) is 7.39. The van der Waals surface area contributed by atoms with Gasteiger partial charge in [0, 0.05) is 19.5 Å². The van der Waals surface area contributed by atoms with E-state index >= 15 is 0 Å². The summed E-state index contributed by atoms with van der Waals surface area (Å²) in [6.07, 6.45) is 0.707. The Kier molecular flexibility index (Phi) is 4.16. The summed E-state index contributed by atoms with van der Waals surface area (Å²) >= 11 is 0. The van der Waals surface area contributed by atoms with Gasteiger partial charge in [-0.25, -0.2) is 13.6 Å². The van der Waals surface area contributed by atoms with Crippen LogP contribution in [0.3, 0.4) is 0 Å². The number of hydrogen-bond acceptors (Lipinski definition) is 2. The maximum atomic E-state index is 13.6. The zero-order chi connectivity index (χ0) is 17.3. The molecule has 0 fully saturated rings. The lowest BCUT2D eigenvalue weighted by molar-refractivity contribution is -0.116. The average Bonchev–Trinajstić information content (AvgIpc) is 2.95. The van der Waals surface area contributed by atoms with Gasteiger partial charge in [-0.2, -0.15) is 0 Å². The standard InChI is InChI=1S/C17H15F2N3O2/c1-10(23)22-8-7-11-3-2-4-15(16(11)22)21-17(24)20-14-6-5-12(18)9-13(14)19/h2-6,9H,7-8H2,1H3,(H2,20,21,24). The van der Waals surface area contributed by atoms with Crippen LogP contribution >= 0.6 is 0 Å². The van der Waals surface area contributed by atoms with Crippen LogP contribution < -0.4 is 15.5 Å². The number of amides is 3. The van der Waals surface area contributed by atoms with Crippen LogP contribution in [0, 0.1) is 11.6 Å². The van der Waals surface area contributed by atoms with Crippen LogP contribution in [0.1, 0.15) is 12.5 Å². The van der Waals surface area contributed by atoms with Crippen molar-refractivity contribution in [3.05, 3.63) is 53.6 Å². The van der Waals surface area contributed by atoms with E-state index in [1.807, 2.05) is 6.07 Å². The smallest absolute Gasteiger partial charge is 0.310 e. The molecule has 0 atom stereocenters. The Bertz CT molecular complexity index is 823. The summed E-state index contributed by atoms with van der Waals surface area (Å²) in [5.41, 5.74) is 1.93. The highest BCUT2D eigenvalue weighted by Crippen LogP contribution is 2.35. The molecule has 2 aromatic carbocycles. The lowest BCUT2D eigenvalue weighted by Gasteiger charge is -2.19. The van der Waals surface area contributed by atoms with Crippen molar-refractivity contribution >= 4 is 29.0 Å². The summed E-state index contributed by atoms with van der Waals surface area (Å²) in [6, 6.07) is 7.54. The van der Waals surface area contributed by atoms with Crippen LogP contribution in [0.2, 0.25) is 0 Å². The molecule has 124 valence electrons. The number of anilines is 3. The maximum Gasteiger partial charge on any atom is 0.323 e. The molecule has 7 heteroatoms. The minimum atomic E-state index is -0.867. The van der Waals surface area contributed by atoms with Gasteiger partial charge in [-0.3, -0.25) is 4.79 Å². The molecule has 2 N–H and O–H groups in total. The van der Waals surface area contributed by atoms with E-state index in [0.29, 0.717) is 30.4 Å². The Labute approximate surface area is 137 Å². The van der Waals surface area contributed by atoms with Crippen molar-refractivity contribution in [1.82, 2.24) is 0 Å². The molecule has 1 aliphatic heterocycles. The molecular formula is C17H15F2N3O2. The van der Waals surface area contributed by atoms with Crippen molar-refractivity contribution in [2.75, 3.05) is 22.1 Å². The van der Waals surface area contributed by atoms with Crippen LogP contribution in [-0.2, 0) is 11.2 Å². The molecule has 0 unspecified atom stereocenters. The fourth-order valence-corrected chi connectivity index (χ4v) is 2.74. The highest BCUT2D eigenvalue weighted by atomic mass is 19.1. The lowest BCUT2D eigenvalue weighted by Crippen LogP contribution is -2.28. The van der Waals surface area contributed by atoms with Crippen molar-refractivity contribution < 1.29 is 18.4 Å². The quantitative estimate of drug-likeness (QED) is 0.884. The summed E-state index contributed by atoms with van der Waals surface area (Å²) in [6.45, 7) is 2.01. The zero-order valence-electron chi connectivity index (χ0n) is 12.9. The SMILES string of the molecule is CC(=O)N1CCc2cccc(NC(=O)Nc3ccc(F)cc3F)c21. The maximum absolute atomic E-state index is 13.6. The second kappa shape index (κ2) is 6.27. The number of halogens is 2. The molecule has 2 aromatic rings. The molecule has 0 saturated heterocycles. The first-order valence-corrected chi connectivity index (χ1v) is 7.39. The van der Waals surface area contributed by atoms with Gasteiger partial charge in [-0.1, -0.05) is 12.1 Å². The van der Waals surface area contributed by atoms with Gasteiger partial charge >= 0.3 is 6.03 Å². The number of nitrogens with one attached hydrogen (secondary N) is 2. The van der Waals surface area contributed by atoms with Crippen molar-refractivity contribution in [2.24, 2.45) is 0 Å². The van der Waals surface area contributed by atoms with Crippen LogP contribution in [0.5, 0.6) is 0 Å². The van der Waals surface area contributed by atoms with Crippen molar-refractivity contribution in [1.29, 1.82) is 0 Å². The molecule has 1 aliphatic rings. The Morgan fingerprint density at radius 2 is 1.83 bits per heavy atom. The van der Waals surface area contributed by atoms with Gasteiger partial charge in [0.1, 0.15) is 11.6 Å². The number of rotatable bonds is 2. The van der Waals surface area contributed by atoms with Crippen molar-refractivity contribution in [3.63, 3.8) is 0 Å². The predicted molar refractivity (Wildman–Crippen MR) is 87.2 cm³/mol. The van der Waals surface area contributed by atoms with Gasteiger partial charge in [0.25, 0.3) is 0 Å². The summed E-state index contributed by atoms with van der Waals surface area (Å²) in [4.78, 5) is 25.4. The van der Waals surface area contributed by atoms with Crippen LogP contribution in [0.25, 0.3) is 0 Å². The van der Waals surface area contributed by atoms with Crippen molar-refractivity contribution in [2.45, 2.75) is 13.3 Å². The number of para-hydroxylation sites is 1. The number of urea groups is 1. The third-order valence-corrected chi connectivity index (χ3v) is 3.80. The molecule has 0 saturated carbocycles. The third kappa shape index (κ3) is 3.05. The molecular weight excluding hydrogens is 316 g/mol. The third-order valence-electron chi connectivity index (χ3n) is 3.80. The topological polar surface area (TPSA) is 61.4 Å². The molecule has 3 amide bonds. The molecule has 1 heterocycles. The van der Waals surface area contributed by atoms with Crippen LogP contribution in [0.15, 0.2) is 36.4 Å². The van der Waals surface area contributed by atoms with Gasteiger partial charge in [0.05, 0.1) is 17.1 Å². The summed E-state index contributed by atoms with van der Waals surface area (Å²) in [5, 5.41) is 4.94. The summed E-state index contributed by atoms with van der Waals surface area (Å²) in [7, 11) is 0. The first-order chi connectivity index (χ1) is 11.5. The number of fused-ring (bicyclic) bond motifs is 1. The van der Waals surface area contributed by atoms with E-state index < -0.39 is 17.7 Å². The monoisotopic (exact) mass is 331 g/mol. The second-order valence-corrected chi connectivity index (χ2v) is 5.44. The normalized spacial score (nSPS) is 12.7. The Hall–Kier alpha value is -2.96. The minimum Gasteiger partial charge on any atom is -0.310 e. The zero-order valence-corrected chi connectivity index (χ0v) is 12.9. The number of carbonyl (C=O) groups is 2. The van der Waals surface area contributed by atoms with Gasteiger partial charge in [0.15, 0.2) is 0 Å². The predicted octanol–water partition coefficient (Wildman–Crippen LogP) is 3.52. The molecule has 0 spiro atoms. The van der Waals surface area contributed by atoms with Gasteiger partial charge < -0.3 is 15.5 Å². The Balaban J connectivity index is 1.81. The fraction of sp³-hybridized carbons (Fsp3) is 0.176. The average molecular weight is 331 g/mol. The highest BCUT2D eigenvalue weighted by Gasteiger charge is 2.25. The number of hydrogen-bond donors (Lipinski definition) is 2. The lowest BCUT2D eigenvalue weighted by atomic mass is 10.1. The van der Waals surface area contributed by atoms with E-state index in [9.17, 15) is 18.4 Å². The molecule has 0 radical (unpaired) electrons. The van der Waals surface area contributed by atoms with Gasteiger partial charge in [-0.15, -0.1) is 0 Å². The first kappa shape index (κ1) is 15.9. The van der Waals surface area contributed by atoms with Gasteiger partial charge in [-0.05, 0) is 30.2 Å². The second-order valence-electron chi connectivity index (χ2n) is 5.44. The molecule has 0 aromatic heterocycles. The number of nitrogens with zero attached hydrogens (tertiary/aromatic N) is 1. The van der Waals surface area contributed by atoms with E-state index in [4.69, 9.17) is 0 Å². The Morgan fingerprint density at radius 3 is 2.54 bits per heavy atom. The molecule has 3 rings (SSSR count). The summed E-state index contributed by atoms with van der Waals surface area (Å²) in [5.74, 6) is -1.71. The molecule has 0 bridgehead atoms. The van der Waals surface area contributed by atoms with E-state index in [1.165, 1.54) is 6.92 Å². The number of benzene rings is 2. The van der Waals surface area contributed by atoms with E-state index in [-0.39, 0.29) is 11.6 Å². The molecule has 5 nitrogen and oxygen atoms in total. The molecule has 0 aliphatic carbocycles. The fourth-order valence-electron chi connectivity index (χ4n) is 2.74. The van der Waals surface area contributed by atoms with Crippen molar-refractivity contribution in [3.8, 4) is 0 Å². The Morgan fingerprint density at radius 1 is 1.08 bits per heavy atom. The number of carbonyl (C=O) groups excluding carboxylic acids is 2. The van der Waals surface area contributed by atoms with E-state index in [1.54, 1.807) is 17.0 Å². The van der Waals surface area contributed by atoms with E-state index in [2.05, 4.69) is 10.6 Å². The minimum absolute atomic E-state index is 0.118. The summed E-state index contributed by atoms with van der Waals surface area (Å²) < 4.78 is 26.5. The van der Waals surface area contributed by atoms with Crippen LogP contribution in [-0.4, -0.2) is 18.5 Å². The highest BCUT2D eigenvalue weighted by molar-refractivity contribution is 6.05.